The first-order valence-corrected chi connectivity index (χ1v) is 9.59. The van der Waals surface area contributed by atoms with Crippen LogP contribution in [0.3, 0.4) is 0 Å². The molecule has 0 fully saturated rings. The van der Waals surface area contributed by atoms with Crippen molar-refractivity contribution in [3.63, 3.8) is 0 Å². The molecule has 0 saturated heterocycles. The van der Waals surface area contributed by atoms with Crippen LogP contribution < -0.4 is 4.74 Å². The number of ether oxygens (including phenoxy) is 1. The molecular formula is C25H24F2O2. The minimum atomic E-state index is -0.798. The molecule has 3 aromatic carbocycles. The molecule has 1 N–H and O–H groups in total. The van der Waals surface area contributed by atoms with Crippen LogP contribution >= 0.6 is 0 Å². The Balaban J connectivity index is 1.81. The first-order chi connectivity index (χ1) is 13.9. The van der Waals surface area contributed by atoms with E-state index in [2.05, 4.69) is 0 Å². The minimum Gasteiger partial charge on any atom is -0.508 e. The number of phenols is 1. The first-order valence-electron chi connectivity index (χ1n) is 9.59. The Bertz CT molecular complexity index is 964. The first kappa shape index (κ1) is 20.6. The fourth-order valence-electron chi connectivity index (χ4n) is 3.28. The van der Waals surface area contributed by atoms with Crippen LogP contribution in [-0.4, -0.2) is 5.11 Å². The molecule has 3 aromatic rings. The van der Waals surface area contributed by atoms with Gasteiger partial charge in [-0.15, -0.1) is 0 Å². The fourth-order valence-corrected chi connectivity index (χ4v) is 3.28. The van der Waals surface area contributed by atoms with E-state index < -0.39 is 17.6 Å². The largest absolute Gasteiger partial charge is 0.508 e. The molecule has 2 nitrogen and oxygen atoms in total. The molecule has 1 atom stereocenters. The van der Waals surface area contributed by atoms with E-state index >= 15 is 4.39 Å². The molecule has 150 valence electrons. The smallest absolute Gasteiger partial charge is 0.139 e. The van der Waals surface area contributed by atoms with Gasteiger partial charge in [0.2, 0.25) is 0 Å². The molecule has 0 radical (unpaired) electrons. The SMILES string of the molecule is CC(C)C(C(F)=C(F)Cc1cccc(Oc2ccccc2)c1)c1ccc(O)cc1. The van der Waals surface area contributed by atoms with Crippen molar-refractivity contribution >= 4 is 0 Å². The molecule has 0 aliphatic carbocycles. The number of hydrogen-bond donors (Lipinski definition) is 1. The van der Waals surface area contributed by atoms with Crippen molar-refractivity contribution in [1.29, 1.82) is 0 Å². The number of phenolic OH excluding ortho intramolecular Hbond substituents is 1. The Kier molecular flexibility index (Phi) is 6.65. The molecule has 4 heteroatoms. The normalized spacial score (nSPS) is 13.1. The van der Waals surface area contributed by atoms with Crippen molar-refractivity contribution in [2.24, 2.45) is 5.92 Å². The second-order valence-corrected chi connectivity index (χ2v) is 7.31. The predicted molar refractivity (Wildman–Crippen MR) is 112 cm³/mol. The van der Waals surface area contributed by atoms with E-state index in [1.807, 2.05) is 44.2 Å². The van der Waals surface area contributed by atoms with Crippen LogP contribution in [0.1, 0.15) is 30.9 Å². The maximum Gasteiger partial charge on any atom is 0.139 e. The van der Waals surface area contributed by atoms with Gasteiger partial charge in [0.25, 0.3) is 0 Å². The number of para-hydroxylation sites is 1. The summed E-state index contributed by atoms with van der Waals surface area (Å²) in [6.45, 7) is 3.69. The lowest BCUT2D eigenvalue weighted by Crippen LogP contribution is -2.09. The Morgan fingerprint density at radius 1 is 0.862 bits per heavy atom. The minimum absolute atomic E-state index is 0.0938. The molecule has 3 rings (SSSR count). The Hall–Kier alpha value is -3.14. The third-order valence-electron chi connectivity index (χ3n) is 4.69. The maximum atomic E-state index is 15.0. The number of aromatic hydroxyl groups is 1. The van der Waals surface area contributed by atoms with Crippen molar-refractivity contribution in [2.75, 3.05) is 0 Å². The molecule has 29 heavy (non-hydrogen) atoms. The van der Waals surface area contributed by atoms with E-state index in [-0.39, 0.29) is 18.1 Å². The molecule has 1 unspecified atom stereocenters. The number of hydrogen-bond acceptors (Lipinski definition) is 2. The van der Waals surface area contributed by atoms with Gasteiger partial charge < -0.3 is 9.84 Å². The van der Waals surface area contributed by atoms with Crippen molar-refractivity contribution < 1.29 is 18.6 Å². The molecule has 0 aliphatic rings. The van der Waals surface area contributed by atoms with E-state index in [4.69, 9.17) is 4.74 Å². The third kappa shape index (κ3) is 5.44. The summed E-state index contributed by atoms with van der Waals surface area (Å²) in [5.74, 6) is -1.08. The van der Waals surface area contributed by atoms with Gasteiger partial charge in [-0.25, -0.2) is 8.78 Å². The Morgan fingerprint density at radius 2 is 1.52 bits per heavy atom. The second-order valence-electron chi connectivity index (χ2n) is 7.31. The topological polar surface area (TPSA) is 29.5 Å². The fraction of sp³-hybridized carbons (Fsp3) is 0.200. The molecule has 0 saturated carbocycles. The van der Waals surface area contributed by atoms with Crippen LogP contribution in [0.25, 0.3) is 0 Å². The summed E-state index contributed by atoms with van der Waals surface area (Å²) < 4.78 is 35.6. The highest BCUT2D eigenvalue weighted by atomic mass is 19.2. The van der Waals surface area contributed by atoms with E-state index in [0.29, 0.717) is 22.6 Å². The summed E-state index contributed by atoms with van der Waals surface area (Å²) in [4.78, 5) is 0. The zero-order valence-electron chi connectivity index (χ0n) is 16.5. The van der Waals surface area contributed by atoms with Gasteiger partial charge in [-0.05, 0) is 53.4 Å². The van der Waals surface area contributed by atoms with Crippen molar-refractivity contribution in [2.45, 2.75) is 26.2 Å². The van der Waals surface area contributed by atoms with Crippen LogP contribution in [0, 0.1) is 5.92 Å². The van der Waals surface area contributed by atoms with E-state index in [1.165, 1.54) is 12.1 Å². The van der Waals surface area contributed by atoms with Gasteiger partial charge in [-0.2, -0.15) is 0 Å². The number of benzene rings is 3. The van der Waals surface area contributed by atoms with E-state index in [0.717, 1.165) is 0 Å². The molecule has 0 aromatic heterocycles. The summed E-state index contributed by atoms with van der Waals surface area (Å²) in [5, 5.41) is 9.46. The lowest BCUT2D eigenvalue weighted by atomic mass is 9.86. The predicted octanol–water partition coefficient (Wildman–Crippen LogP) is 7.32. The van der Waals surface area contributed by atoms with Crippen LogP contribution in [-0.2, 0) is 6.42 Å². The van der Waals surface area contributed by atoms with Gasteiger partial charge in [0.05, 0.1) is 0 Å². The molecule has 0 spiro atoms. The maximum absolute atomic E-state index is 15.0. The highest BCUT2D eigenvalue weighted by molar-refractivity contribution is 5.37. The van der Waals surface area contributed by atoms with Gasteiger partial charge in [-0.1, -0.05) is 56.3 Å². The van der Waals surface area contributed by atoms with Crippen molar-refractivity contribution in [1.82, 2.24) is 0 Å². The second kappa shape index (κ2) is 9.37. The quantitative estimate of drug-likeness (QED) is 0.455. The van der Waals surface area contributed by atoms with E-state index in [9.17, 15) is 9.50 Å². The van der Waals surface area contributed by atoms with Crippen molar-refractivity contribution in [3.05, 3.63) is 102 Å². The van der Waals surface area contributed by atoms with Gasteiger partial charge in [0.15, 0.2) is 0 Å². The summed E-state index contributed by atoms with van der Waals surface area (Å²) in [6.07, 6.45) is -0.154. The average molecular weight is 394 g/mol. The molecular weight excluding hydrogens is 370 g/mol. The highest BCUT2D eigenvalue weighted by Crippen LogP contribution is 2.36. The van der Waals surface area contributed by atoms with Gasteiger partial charge in [-0.3, -0.25) is 0 Å². The summed E-state index contributed by atoms with van der Waals surface area (Å²) >= 11 is 0. The van der Waals surface area contributed by atoms with Gasteiger partial charge >= 0.3 is 0 Å². The van der Waals surface area contributed by atoms with Crippen LogP contribution in [0.2, 0.25) is 0 Å². The Labute approximate surface area is 170 Å². The third-order valence-corrected chi connectivity index (χ3v) is 4.69. The monoisotopic (exact) mass is 394 g/mol. The zero-order valence-corrected chi connectivity index (χ0v) is 16.5. The molecule has 0 bridgehead atoms. The summed E-state index contributed by atoms with van der Waals surface area (Å²) in [5.41, 5.74) is 1.26. The Morgan fingerprint density at radius 3 is 2.17 bits per heavy atom. The number of rotatable bonds is 7. The number of allylic oxidation sites excluding steroid dienone is 2. The van der Waals surface area contributed by atoms with Gasteiger partial charge in [0.1, 0.15) is 28.9 Å². The molecule has 0 heterocycles. The van der Waals surface area contributed by atoms with Crippen LogP contribution in [0.15, 0.2) is 90.5 Å². The lowest BCUT2D eigenvalue weighted by molar-refractivity contribution is 0.414. The van der Waals surface area contributed by atoms with Crippen molar-refractivity contribution in [3.8, 4) is 17.2 Å². The zero-order chi connectivity index (χ0) is 20.8. The molecule has 0 amide bonds. The number of halogens is 2. The molecule has 0 aliphatic heterocycles. The van der Waals surface area contributed by atoms with Crippen LogP contribution in [0.4, 0.5) is 8.78 Å². The van der Waals surface area contributed by atoms with Gasteiger partial charge in [0, 0.05) is 12.3 Å². The average Bonchev–Trinajstić information content (AvgIpc) is 2.70. The van der Waals surface area contributed by atoms with E-state index in [1.54, 1.807) is 36.4 Å². The standard InChI is InChI=1S/C25H24F2O2/c1-17(2)24(19-11-13-20(28)14-12-19)25(27)23(26)16-18-7-6-10-22(15-18)29-21-8-4-3-5-9-21/h3-15,17,24,28H,16H2,1-2H3. The lowest BCUT2D eigenvalue weighted by Gasteiger charge is -2.20. The summed E-state index contributed by atoms with van der Waals surface area (Å²) in [6, 6.07) is 22.5. The highest BCUT2D eigenvalue weighted by Gasteiger charge is 2.24. The van der Waals surface area contributed by atoms with Crippen LogP contribution in [0.5, 0.6) is 17.2 Å². The summed E-state index contributed by atoms with van der Waals surface area (Å²) in [7, 11) is 0.